The Morgan fingerprint density at radius 3 is 2.06 bits per heavy atom. The lowest BCUT2D eigenvalue weighted by Gasteiger charge is -2.29. The van der Waals surface area contributed by atoms with Gasteiger partial charge < -0.3 is 9.63 Å². The van der Waals surface area contributed by atoms with Crippen molar-refractivity contribution in [1.82, 2.24) is 9.34 Å². The Labute approximate surface area is 95.8 Å². The molecule has 90 valence electrons. The van der Waals surface area contributed by atoms with Gasteiger partial charge in [0.1, 0.15) is 0 Å². The van der Waals surface area contributed by atoms with Crippen LogP contribution in [0, 0.1) is 0 Å². The van der Waals surface area contributed by atoms with E-state index in [1.807, 2.05) is 0 Å². The maximum Gasteiger partial charge on any atom is 0.394 e. The Morgan fingerprint density at radius 1 is 1.12 bits per heavy atom. The number of phenolic OH excluding ortho intramolecular Hbond substituents is 1. The van der Waals surface area contributed by atoms with Crippen molar-refractivity contribution in [3.8, 4) is 11.5 Å². The minimum absolute atomic E-state index is 0.0218. The molecule has 0 saturated carbocycles. The number of para-hydroxylation sites is 2. The van der Waals surface area contributed by atoms with Gasteiger partial charge in [0.2, 0.25) is 0 Å². The van der Waals surface area contributed by atoms with Gasteiger partial charge in [0, 0.05) is 0 Å². The molecule has 1 aromatic carbocycles. The Bertz CT molecular complexity index is 395. The fraction of sp³-hybridized carbons (Fsp3) is 0.400. The van der Waals surface area contributed by atoms with Crippen molar-refractivity contribution in [3.63, 3.8) is 0 Å². The molecule has 5 nitrogen and oxygen atoms in total. The van der Waals surface area contributed by atoms with Gasteiger partial charge in [0.05, 0.1) is 0 Å². The van der Waals surface area contributed by atoms with E-state index in [-0.39, 0.29) is 11.5 Å². The average molecular weight is 244 g/mol. The molecule has 0 aromatic heterocycles. The monoisotopic (exact) mass is 244 g/mol. The summed E-state index contributed by atoms with van der Waals surface area (Å²) >= 11 is 0. The first-order chi connectivity index (χ1) is 7.38. The predicted molar refractivity (Wildman–Crippen MR) is 63.7 cm³/mol. The van der Waals surface area contributed by atoms with Gasteiger partial charge in [-0.25, -0.2) is 13.9 Å². The molecule has 0 amide bonds. The van der Waals surface area contributed by atoms with E-state index in [1.165, 1.54) is 15.4 Å². The molecule has 0 aliphatic rings. The van der Waals surface area contributed by atoms with E-state index in [4.69, 9.17) is 4.52 Å². The lowest BCUT2D eigenvalue weighted by Crippen LogP contribution is -2.24. The first-order valence-electron chi connectivity index (χ1n) is 4.81. The fourth-order valence-electron chi connectivity index (χ4n) is 1.18. The number of hydrogen-bond donors (Lipinski definition) is 1. The second kappa shape index (κ2) is 4.87. The number of nitrogens with zero attached hydrogens (tertiary/aromatic N) is 2. The molecular weight excluding hydrogens is 227 g/mol. The number of benzene rings is 1. The van der Waals surface area contributed by atoms with Gasteiger partial charge in [-0.3, -0.25) is 0 Å². The molecule has 0 heterocycles. The number of rotatable bonds is 4. The van der Waals surface area contributed by atoms with Gasteiger partial charge in [-0.05, 0) is 40.3 Å². The smallest absolute Gasteiger partial charge is 0.394 e. The molecule has 0 saturated heterocycles. The normalized spacial score (nSPS) is 12.1. The van der Waals surface area contributed by atoms with Crippen molar-refractivity contribution >= 4 is 7.67 Å². The van der Waals surface area contributed by atoms with Crippen LogP contribution in [0.25, 0.3) is 0 Å². The molecule has 1 N–H and O–H groups in total. The molecule has 6 heteroatoms. The molecule has 0 aliphatic carbocycles. The lowest BCUT2D eigenvalue weighted by molar-refractivity contribution is 0.343. The first kappa shape index (κ1) is 13.0. The summed E-state index contributed by atoms with van der Waals surface area (Å²) in [4.78, 5) is 0. The van der Waals surface area contributed by atoms with Crippen LogP contribution in [-0.2, 0) is 4.57 Å². The largest absolute Gasteiger partial charge is 0.504 e. The average Bonchev–Trinajstić information content (AvgIpc) is 2.20. The third-order valence-electron chi connectivity index (χ3n) is 2.09. The van der Waals surface area contributed by atoms with Crippen molar-refractivity contribution in [3.05, 3.63) is 24.3 Å². The van der Waals surface area contributed by atoms with Crippen LogP contribution in [0.3, 0.4) is 0 Å². The summed E-state index contributed by atoms with van der Waals surface area (Å²) in [6, 6.07) is 6.46. The molecule has 16 heavy (non-hydrogen) atoms. The molecule has 1 rings (SSSR count). The highest BCUT2D eigenvalue weighted by Crippen LogP contribution is 2.51. The van der Waals surface area contributed by atoms with Crippen molar-refractivity contribution in [1.29, 1.82) is 0 Å². The molecule has 1 aromatic rings. The minimum Gasteiger partial charge on any atom is -0.504 e. The third kappa shape index (κ3) is 2.55. The van der Waals surface area contributed by atoms with Gasteiger partial charge in [0.25, 0.3) is 0 Å². The second-order valence-electron chi connectivity index (χ2n) is 3.74. The van der Waals surface area contributed by atoms with E-state index >= 15 is 0 Å². The Hall–Kier alpha value is -1.03. The van der Waals surface area contributed by atoms with Crippen LogP contribution in [0.4, 0.5) is 0 Å². The van der Waals surface area contributed by atoms with Gasteiger partial charge in [-0.2, -0.15) is 0 Å². The molecular formula is C10H17N2O3P. The van der Waals surface area contributed by atoms with Gasteiger partial charge in [0.15, 0.2) is 11.5 Å². The van der Waals surface area contributed by atoms with E-state index in [0.29, 0.717) is 0 Å². The highest BCUT2D eigenvalue weighted by molar-refractivity contribution is 7.54. The summed E-state index contributed by atoms with van der Waals surface area (Å²) < 4.78 is 20.9. The molecule has 0 unspecified atom stereocenters. The quantitative estimate of drug-likeness (QED) is 0.821. The number of aromatic hydroxyl groups is 1. The van der Waals surface area contributed by atoms with Gasteiger partial charge in [-0.15, -0.1) is 0 Å². The summed E-state index contributed by atoms with van der Waals surface area (Å²) in [6.07, 6.45) is 0. The molecule has 0 aliphatic heterocycles. The van der Waals surface area contributed by atoms with E-state index < -0.39 is 7.67 Å². The van der Waals surface area contributed by atoms with Crippen LogP contribution in [0.15, 0.2) is 24.3 Å². The molecule has 0 atom stereocenters. The zero-order valence-electron chi connectivity index (χ0n) is 9.91. The molecule has 0 spiro atoms. The topological polar surface area (TPSA) is 53.0 Å². The van der Waals surface area contributed by atoms with E-state index in [1.54, 1.807) is 46.4 Å². The Morgan fingerprint density at radius 2 is 1.62 bits per heavy atom. The maximum atomic E-state index is 12.5. The van der Waals surface area contributed by atoms with Crippen molar-refractivity contribution < 1.29 is 14.2 Å². The summed E-state index contributed by atoms with van der Waals surface area (Å²) in [5.41, 5.74) is 0. The fourth-order valence-corrected chi connectivity index (χ4v) is 2.64. The van der Waals surface area contributed by atoms with Crippen molar-refractivity contribution in [2.24, 2.45) is 0 Å². The highest BCUT2D eigenvalue weighted by atomic mass is 31.2. The summed E-state index contributed by atoms with van der Waals surface area (Å²) in [5, 5.41) is 9.55. The SMILES string of the molecule is CN(C)P(=O)(Oc1ccccc1O)N(C)C. The zero-order valence-corrected chi connectivity index (χ0v) is 10.8. The number of phenols is 1. The predicted octanol–water partition coefficient (Wildman–Crippen LogP) is 2.00. The zero-order chi connectivity index (χ0) is 12.3. The highest BCUT2D eigenvalue weighted by Gasteiger charge is 2.31. The molecule has 0 bridgehead atoms. The van der Waals surface area contributed by atoms with Crippen LogP contribution < -0.4 is 4.52 Å². The van der Waals surface area contributed by atoms with Gasteiger partial charge in [-0.1, -0.05) is 12.1 Å². The summed E-state index contributed by atoms with van der Waals surface area (Å²) in [7, 11) is 3.56. The van der Waals surface area contributed by atoms with Crippen LogP contribution in [0.1, 0.15) is 0 Å². The van der Waals surface area contributed by atoms with Crippen molar-refractivity contribution in [2.45, 2.75) is 0 Å². The van der Waals surface area contributed by atoms with Crippen LogP contribution in [0.5, 0.6) is 11.5 Å². The van der Waals surface area contributed by atoms with E-state index in [9.17, 15) is 9.67 Å². The van der Waals surface area contributed by atoms with Gasteiger partial charge >= 0.3 is 7.67 Å². The Balaban J connectivity index is 3.03. The van der Waals surface area contributed by atoms with Crippen LogP contribution in [0.2, 0.25) is 0 Å². The standard InChI is InChI=1S/C10H17N2O3P/c1-11(2)16(14,12(3)4)15-10-8-6-5-7-9(10)13/h5-8,13H,1-4H3. The first-order valence-corrected chi connectivity index (χ1v) is 6.34. The van der Waals surface area contributed by atoms with Crippen LogP contribution in [-0.4, -0.2) is 42.6 Å². The van der Waals surface area contributed by atoms with Crippen molar-refractivity contribution in [2.75, 3.05) is 28.2 Å². The molecule has 0 fully saturated rings. The lowest BCUT2D eigenvalue weighted by atomic mass is 10.3. The van der Waals surface area contributed by atoms with E-state index in [2.05, 4.69) is 0 Å². The third-order valence-corrected chi connectivity index (χ3v) is 4.55. The summed E-state index contributed by atoms with van der Waals surface area (Å²) in [6.45, 7) is 0. The minimum atomic E-state index is -3.11. The van der Waals surface area contributed by atoms with E-state index in [0.717, 1.165) is 0 Å². The maximum absolute atomic E-state index is 12.5. The second-order valence-corrected chi connectivity index (χ2v) is 6.51. The Kier molecular flexibility index (Phi) is 3.97. The van der Waals surface area contributed by atoms with Crippen LogP contribution >= 0.6 is 7.67 Å². The number of hydrogen-bond acceptors (Lipinski definition) is 3. The summed E-state index contributed by atoms with van der Waals surface area (Å²) in [5.74, 6) is 0.194. The molecule has 0 radical (unpaired) electrons.